The van der Waals surface area contributed by atoms with Crippen molar-refractivity contribution in [2.24, 2.45) is 0 Å². The molecule has 60 valence electrons. The molecule has 1 rings (SSSR count). The molecule has 0 bridgehead atoms. The molecule has 11 heavy (non-hydrogen) atoms. The summed E-state index contributed by atoms with van der Waals surface area (Å²) in [4.78, 5) is 0. The van der Waals surface area contributed by atoms with E-state index in [0.29, 0.717) is 0 Å². The highest BCUT2D eigenvalue weighted by molar-refractivity contribution is 9.24. The molecule has 1 aromatic rings. The van der Waals surface area contributed by atoms with Crippen LogP contribution in [0, 0.1) is 0 Å². The van der Waals surface area contributed by atoms with Crippen LogP contribution in [0.3, 0.4) is 0 Å². The Hall–Kier alpha value is -0.0200. The third kappa shape index (κ3) is 2.49. The molecule has 0 atom stereocenters. The standard InChI is InChI=1S/C8H8Br2O/c1-11-7-4-2-3-6(5-7)8(9)10/h2-5,8H,1H3. The van der Waals surface area contributed by atoms with Gasteiger partial charge in [0.25, 0.3) is 0 Å². The summed E-state index contributed by atoms with van der Waals surface area (Å²) in [6, 6.07) is 7.89. The van der Waals surface area contributed by atoms with Crippen molar-refractivity contribution < 1.29 is 4.74 Å². The number of alkyl halides is 2. The zero-order chi connectivity index (χ0) is 8.27. The van der Waals surface area contributed by atoms with Crippen LogP contribution in [-0.2, 0) is 0 Å². The summed E-state index contributed by atoms with van der Waals surface area (Å²) >= 11 is 6.81. The molecular weight excluding hydrogens is 272 g/mol. The Bertz CT molecular complexity index is 235. The van der Waals surface area contributed by atoms with E-state index in [1.807, 2.05) is 24.3 Å². The molecule has 1 nitrogen and oxygen atoms in total. The highest BCUT2D eigenvalue weighted by atomic mass is 79.9. The van der Waals surface area contributed by atoms with Gasteiger partial charge in [-0.25, -0.2) is 0 Å². The minimum atomic E-state index is 0.199. The van der Waals surface area contributed by atoms with Gasteiger partial charge >= 0.3 is 0 Å². The van der Waals surface area contributed by atoms with E-state index in [0.717, 1.165) is 11.3 Å². The fraction of sp³-hybridized carbons (Fsp3) is 0.250. The van der Waals surface area contributed by atoms with Crippen molar-refractivity contribution in [2.75, 3.05) is 7.11 Å². The van der Waals surface area contributed by atoms with Crippen molar-refractivity contribution in [3.8, 4) is 5.75 Å². The quantitative estimate of drug-likeness (QED) is 0.753. The van der Waals surface area contributed by atoms with Gasteiger partial charge in [0, 0.05) is 0 Å². The lowest BCUT2D eigenvalue weighted by atomic mass is 10.2. The molecule has 0 unspecified atom stereocenters. The molecule has 0 fully saturated rings. The normalized spacial score (nSPS) is 10.2. The van der Waals surface area contributed by atoms with Gasteiger partial charge in [-0.15, -0.1) is 0 Å². The van der Waals surface area contributed by atoms with Crippen LogP contribution < -0.4 is 4.74 Å². The minimum Gasteiger partial charge on any atom is -0.497 e. The van der Waals surface area contributed by atoms with Crippen LogP contribution in [0.25, 0.3) is 0 Å². The Labute approximate surface area is 83.0 Å². The van der Waals surface area contributed by atoms with Crippen LogP contribution in [0.1, 0.15) is 9.30 Å². The molecule has 0 radical (unpaired) electrons. The van der Waals surface area contributed by atoms with Gasteiger partial charge in [-0.2, -0.15) is 0 Å². The van der Waals surface area contributed by atoms with Crippen LogP contribution in [0.15, 0.2) is 24.3 Å². The van der Waals surface area contributed by atoms with Crippen LogP contribution in [0.4, 0.5) is 0 Å². The molecule has 0 saturated carbocycles. The van der Waals surface area contributed by atoms with Gasteiger partial charge in [0.2, 0.25) is 0 Å². The zero-order valence-corrected chi connectivity index (χ0v) is 9.22. The van der Waals surface area contributed by atoms with E-state index < -0.39 is 0 Å². The highest BCUT2D eigenvalue weighted by Gasteiger charge is 2.01. The van der Waals surface area contributed by atoms with E-state index in [1.54, 1.807) is 7.11 Å². The molecule has 0 aromatic heterocycles. The van der Waals surface area contributed by atoms with Crippen molar-refractivity contribution in [1.82, 2.24) is 0 Å². The minimum absolute atomic E-state index is 0.199. The number of halogens is 2. The number of ether oxygens (including phenoxy) is 1. The maximum Gasteiger partial charge on any atom is 0.119 e. The maximum atomic E-state index is 5.06. The monoisotopic (exact) mass is 278 g/mol. The summed E-state index contributed by atoms with van der Waals surface area (Å²) in [5.74, 6) is 0.881. The summed E-state index contributed by atoms with van der Waals surface area (Å²) in [5.41, 5.74) is 1.16. The number of benzene rings is 1. The second-order valence-electron chi connectivity index (χ2n) is 2.08. The summed E-state index contributed by atoms with van der Waals surface area (Å²) in [7, 11) is 1.66. The summed E-state index contributed by atoms with van der Waals surface area (Å²) < 4.78 is 5.26. The summed E-state index contributed by atoms with van der Waals surface area (Å²) in [6.45, 7) is 0. The van der Waals surface area contributed by atoms with Crippen LogP contribution >= 0.6 is 31.9 Å². The number of rotatable bonds is 2. The number of hydrogen-bond donors (Lipinski definition) is 0. The highest BCUT2D eigenvalue weighted by Crippen LogP contribution is 2.30. The summed E-state index contributed by atoms with van der Waals surface area (Å²) in [5, 5.41) is 0. The molecule has 0 N–H and O–H groups in total. The fourth-order valence-corrected chi connectivity index (χ4v) is 1.35. The van der Waals surface area contributed by atoms with Gasteiger partial charge in [0.05, 0.1) is 10.8 Å². The Balaban J connectivity index is 2.91. The number of hydrogen-bond acceptors (Lipinski definition) is 1. The topological polar surface area (TPSA) is 9.23 Å². The van der Waals surface area contributed by atoms with Crippen LogP contribution in [0.5, 0.6) is 5.75 Å². The molecular formula is C8H8Br2O. The second kappa shape index (κ2) is 4.12. The third-order valence-electron chi connectivity index (χ3n) is 1.35. The molecule has 0 aliphatic rings. The maximum absolute atomic E-state index is 5.06. The molecule has 0 amide bonds. The van der Waals surface area contributed by atoms with E-state index >= 15 is 0 Å². The second-order valence-corrected chi connectivity index (χ2v) is 5.14. The van der Waals surface area contributed by atoms with Crippen molar-refractivity contribution in [2.45, 2.75) is 3.74 Å². The average Bonchev–Trinajstić information content (AvgIpc) is 2.05. The lowest BCUT2D eigenvalue weighted by Gasteiger charge is -2.03. The average molecular weight is 280 g/mol. The van der Waals surface area contributed by atoms with Gasteiger partial charge in [-0.3, -0.25) is 0 Å². The Morgan fingerprint density at radius 3 is 2.64 bits per heavy atom. The van der Waals surface area contributed by atoms with E-state index in [2.05, 4.69) is 31.9 Å². The Kier molecular flexibility index (Phi) is 3.40. The lowest BCUT2D eigenvalue weighted by molar-refractivity contribution is 0.414. The van der Waals surface area contributed by atoms with Crippen molar-refractivity contribution in [3.63, 3.8) is 0 Å². The predicted molar refractivity (Wildman–Crippen MR) is 53.6 cm³/mol. The molecule has 0 saturated heterocycles. The van der Waals surface area contributed by atoms with Crippen LogP contribution in [0.2, 0.25) is 0 Å². The largest absolute Gasteiger partial charge is 0.497 e. The number of methoxy groups -OCH3 is 1. The molecule has 0 aliphatic carbocycles. The van der Waals surface area contributed by atoms with Gasteiger partial charge in [0.15, 0.2) is 0 Å². The Morgan fingerprint density at radius 2 is 2.09 bits per heavy atom. The third-order valence-corrected chi connectivity index (χ3v) is 2.40. The molecule has 0 spiro atoms. The van der Waals surface area contributed by atoms with Crippen LogP contribution in [-0.4, -0.2) is 7.11 Å². The zero-order valence-electron chi connectivity index (χ0n) is 6.05. The SMILES string of the molecule is COc1cccc(C(Br)Br)c1. The van der Waals surface area contributed by atoms with E-state index in [1.165, 1.54) is 0 Å². The lowest BCUT2D eigenvalue weighted by Crippen LogP contribution is -1.84. The van der Waals surface area contributed by atoms with Crippen molar-refractivity contribution >= 4 is 31.9 Å². The molecule has 0 heterocycles. The van der Waals surface area contributed by atoms with Gasteiger partial charge in [0.1, 0.15) is 5.75 Å². The first kappa shape index (κ1) is 9.07. The van der Waals surface area contributed by atoms with E-state index in [4.69, 9.17) is 4.74 Å². The predicted octanol–water partition coefficient (Wildman–Crippen LogP) is 3.48. The van der Waals surface area contributed by atoms with Crippen molar-refractivity contribution in [1.29, 1.82) is 0 Å². The Morgan fingerprint density at radius 1 is 1.36 bits per heavy atom. The van der Waals surface area contributed by atoms with Gasteiger partial charge < -0.3 is 4.74 Å². The fourth-order valence-electron chi connectivity index (χ4n) is 0.777. The van der Waals surface area contributed by atoms with Gasteiger partial charge in [-0.05, 0) is 17.7 Å². The summed E-state index contributed by atoms with van der Waals surface area (Å²) in [6.07, 6.45) is 0. The first-order valence-electron chi connectivity index (χ1n) is 3.16. The van der Waals surface area contributed by atoms with Crippen molar-refractivity contribution in [3.05, 3.63) is 29.8 Å². The molecule has 1 aromatic carbocycles. The first-order chi connectivity index (χ1) is 5.24. The molecule has 0 aliphatic heterocycles. The smallest absolute Gasteiger partial charge is 0.119 e. The first-order valence-corrected chi connectivity index (χ1v) is 4.99. The molecule has 3 heteroatoms. The van der Waals surface area contributed by atoms with E-state index in [-0.39, 0.29) is 3.74 Å². The van der Waals surface area contributed by atoms with Gasteiger partial charge in [-0.1, -0.05) is 44.0 Å². The van der Waals surface area contributed by atoms with E-state index in [9.17, 15) is 0 Å².